The van der Waals surface area contributed by atoms with Gasteiger partial charge in [0.15, 0.2) is 5.58 Å². The first-order chi connectivity index (χ1) is 14.1. The third-order valence-corrected chi connectivity index (χ3v) is 5.60. The van der Waals surface area contributed by atoms with Gasteiger partial charge in [0.05, 0.1) is 12.7 Å². The third-order valence-electron chi connectivity index (χ3n) is 5.60. The number of nitrogens with one attached hydrogen (secondary N) is 1. The maximum Gasteiger partial charge on any atom is 0.298 e. The minimum atomic E-state index is 0.00531. The number of hydrogen-bond donors (Lipinski definition) is 1. The number of amides is 1. The van der Waals surface area contributed by atoms with E-state index >= 15 is 0 Å². The molecule has 0 unspecified atom stereocenters. The van der Waals surface area contributed by atoms with E-state index in [-0.39, 0.29) is 18.1 Å². The van der Waals surface area contributed by atoms with Gasteiger partial charge in [0.2, 0.25) is 5.91 Å². The second-order valence-corrected chi connectivity index (χ2v) is 8.33. The summed E-state index contributed by atoms with van der Waals surface area (Å²) in [6.07, 6.45) is 5.54. The van der Waals surface area contributed by atoms with Crippen LogP contribution in [0.15, 0.2) is 22.6 Å². The van der Waals surface area contributed by atoms with Crippen LogP contribution in [-0.2, 0) is 9.53 Å². The fraction of sp³-hybridized carbons (Fsp3) is 0.636. The Morgan fingerprint density at radius 2 is 2.10 bits per heavy atom. The van der Waals surface area contributed by atoms with Crippen molar-refractivity contribution in [1.82, 2.24) is 10.3 Å². The highest BCUT2D eigenvalue weighted by Gasteiger charge is 2.24. The van der Waals surface area contributed by atoms with Crippen LogP contribution < -0.4 is 15.0 Å². The SMILES string of the molecule is CC(=O)N[C@@H](C)CCOC1CCN(c2nc3ccc(OCC4CC4)cc3o2)CC1. The summed E-state index contributed by atoms with van der Waals surface area (Å²) in [5.41, 5.74) is 1.64. The fourth-order valence-corrected chi connectivity index (χ4v) is 3.66. The van der Waals surface area contributed by atoms with Crippen molar-refractivity contribution >= 4 is 23.0 Å². The van der Waals surface area contributed by atoms with Crippen molar-refractivity contribution in [1.29, 1.82) is 0 Å². The van der Waals surface area contributed by atoms with Gasteiger partial charge in [-0.25, -0.2) is 0 Å². The smallest absolute Gasteiger partial charge is 0.298 e. The van der Waals surface area contributed by atoms with E-state index in [1.54, 1.807) is 6.92 Å². The molecule has 0 spiro atoms. The normalized spacial score (nSPS) is 18.8. The molecule has 1 saturated heterocycles. The van der Waals surface area contributed by atoms with Crippen molar-refractivity contribution in [3.63, 3.8) is 0 Å². The standard InChI is InChI=1S/C22H31N3O4/c1-15(23-16(2)26)9-12-27-18-7-10-25(11-8-18)22-24-20-6-5-19(13-21(20)29-22)28-14-17-3-4-17/h5-6,13,15,17-18H,3-4,7-12,14H2,1-2H3,(H,23,26)/t15-/m0/s1. The summed E-state index contributed by atoms with van der Waals surface area (Å²) in [6.45, 7) is 6.74. The minimum absolute atomic E-state index is 0.00531. The van der Waals surface area contributed by atoms with E-state index in [0.29, 0.717) is 12.6 Å². The Hall–Kier alpha value is -2.28. The van der Waals surface area contributed by atoms with Gasteiger partial charge in [-0.1, -0.05) is 0 Å². The third kappa shape index (κ3) is 5.63. The number of hydrogen-bond acceptors (Lipinski definition) is 6. The van der Waals surface area contributed by atoms with E-state index in [1.165, 1.54) is 12.8 Å². The molecule has 158 valence electrons. The number of anilines is 1. The van der Waals surface area contributed by atoms with Crippen LogP contribution in [0.4, 0.5) is 6.01 Å². The molecular weight excluding hydrogens is 370 g/mol. The van der Waals surface area contributed by atoms with Crippen LogP contribution >= 0.6 is 0 Å². The zero-order chi connectivity index (χ0) is 20.2. The number of ether oxygens (including phenoxy) is 2. The van der Waals surface area contributed by atoms with E-state index < -0.39 is 0 Å². The van der Waals surface area contributed by atoms with Gasteiger partial charge in [-0.15, -0.1) is 0 Å². The Labute approximate surface area is 171 Å². The maximum atomic E-state index is 11.1. The molecule has 2 fully saturated rings. The number of aromatic nitrogens is 1. The molecule has 1 aromatic carbocycles. The number of piperidine rings is 1. The first-order valence-electron chi connectivity index (χ1n) is 10.7. The second-order valence-electron chi connectivity index (χ2n) is 8.33. The van der Waals surface area contributed by atoms with Crippen LogP contribution in [-0.4, -0.2) is 49.3 Å². The van der Waals surface area contributed by atoms with E-state index in [9.17, 15) is 4.79 Å². The molecule has 1 aromatic heterocycles. The molecule has 1 saturated carbocycles. The fourth-order valence-electron chi connectivity index (χ4n) is 3.66. The van der Waals surface area contributed by atoms with Crippen LogP contribution in [0, 0.1) is 5.92 Å². The summed E-state index contributed by atoms with van der Waals surface area (Å²) in [5.74, 6) is 1.59. The van der Waals surface area contributed by atoms with Gasteiger partial charge in [-0.05, 0) is 57.1 Å². The molecule has 2 heterocycles. The zero-order valence-electron chi connectivity index (χ0n) is 17.4. The van der Waals surface area contributed by atoms with Gasteiger partial charge in [-0.2, -0.15) is 4.98 Å². The average Bonchev–Trinajstić information content (AvgIpc) is 3.43. The van der Waals surface area contributed by atoms with Gasteiger partial charge < -0.3 is 24.1 Å². The van der Waals surface area contributed by atoms with Gasteiger partial charge in [0.25, 0.3) is 6.01 Å². The molecule has 2 aliphatic rings. The van der Waals surface area contributed by atoms with E-state index in [1.807, 2.05) is 25.1 Å². The van der Waals surface area contributed by atoms with E-state index in [4.69, 9.17) is 13.9 Å². The molecule has 2 aromatic rings. The molecule has 0 radical (unpaired) electrons. The van der Waals surface area contributed by atoms with Crippen molar-refractivity contribution in [3.8, 4) is 5.75 Å². The minimum Gasteiger partial charge on any atom is -0.493 e. The van der Waals surface area contributed by atoms with Crippen molar-refractivity contribution in [2.75, 3.05) is 31.2 Å². The second kappa shape index (κ2) is 9.03. The number of nitrogens with zero attached hydrogens (tertiary/aromatic N) is 2. The highest BCUT2D eigenvalue weighted by molar-refractivity contribution is 5.76. The van der Waals surface area contributed by atoms with Crippen molar-refractivity contribution in [2.24, 2.45) is 5.92 Å². The molecule has 1 atom stereocenters. The van der Waals surface area contributed by atoms with Crippen LogP contribution in [0.2, 0.25) is 0 Å². The first kappa shape index (κ1) is 20.0. The van der Waals surface area contributed by atoms with Gasteiger partial charge in [-0.3, -0.25) is 4.79 Å². The molecule has 7 heteroatoms. The Morgan fingerprint density at radius 3 is 2.83 bits per heavy atom. The highest BCUT2D eigenvalue weighted by Crippen LogP contribution is 2.31. The number of benzene rings is 1. The summed E-state index contributed by atoms with van der Waals surface area (Å²) in [6, 6.07) is 6.71. The number of oxazole rings is 1. The van der Waals surface area contributed by atoms with Crippen LogP contribution in [0.5, 0.6) is 5.75 Å². The maximum absolute atomic E-state index is 11.1. The Morgan fingerprint density at radius 1 is 1.31 bits per heavy atom. The lowest BCUT2D eigenvalue weighted by Gasteiger charge is -2.31. The number of rotatable bonds is 9. The highest BCUT2D eigenvalue weighted by atomic mass is 16.5. The molecular formula is C22H31N3O4. The van der Waals surface area contributed by atoms with Crippen molar-refractivity contribution in [2.45, 2.75) is 58.1 Å². The summed E-state index contributed by atoms with van der Waals surface area (Å²) in [5, 5.41) is 2.89. The predicted molar refractivity (Wildman–Crippen MR) is 111 cm³/mol. The molecule has 1 amide bonds. The van der Waals surface area contributed by atoms with Crippen LogP contribution in [0.3, 0.4) is 0 Å². The first-order valence-corrected chi connectivity index (χ1v) is 10.7. The van der Waals surface area contributed by atoms with Crippen LogP contribution in [0.1, 0.15) is 46.0 Å². The largest absolute Gasteiger partial charge is 0.493 e. The molecule has 29 heavy (non-hydrogen) atoms. The van der Waals surface area contributed by atoms with Gasteiger partial charge in [0, 0.05) is 38.7 Å². The topological polar surface area (TPSA) is 76.8 Å². The Balaban J connectivity index is 1.24. The summed E-state index contributed by atoms with van der Waals surface area (Å²) in [4.78, 5) is 17.9. The number of fused-ring (bicyclic) bond motifs is 1. The molecule has 0 bridgehead atoms. The summed E-state index contributed by atoms with van der Waals surface area (Å²) in [7, 11) is 0. The summed E-state index contributed by atoms with van der Waals surface area (Å²) >= 11 is 0. The molecule has 1 aliphatic carbocycles. The quantitative estimate of drug-likeness (QED) is 0.693. The monoisotopic (exact) mass is 401 g/mol. The van der Waals surface area contributed by atoms with E-state index in [2.05, 4.69) is 15.2 Å². The molecule has 1 N–H and O–H groups in total. The zero-order valence-corrected chi connectivity index (χ0v) is 17.4. The Kier molecular flexibility index (Phi) is 6.23. The lowest BCUT2D eigenvalue weighted by molar-refractivity contribution is -0.119. The van der Waals surface area contributed by atoms with Crippen LogP contribution in [0.25, 0.3) is 11.1 Å². The lowest BCUT2D eigenvalue weighted by Crippen LogP contribution is -2.38. The van der Waals surface area contributed by atoms with Crippen molar-refractivity contribution < 1.29 is 18.7 Å². The molecule has 4 rings (SSSR count). The Bertz CT molecular complexity index is 825. The van der Waals surface area contributed by atoms with Gasteiger partial charge >= 0.3 is 0 Å². The number of carbonyl (C=O) groups is 1. The predicted octanol–water partition coefficient (Wildman–Crippen LogP) is 3.52. The summed E-state index contributed by atoms with van der Waals surface area (Å²) < 4.78 is 17.9. The lowest BCUT2D eigenvalue weighted by atomic mass is 10.1. The average molecular weight is 402 g/mol. The molecule has 7 nitrogen and oxygen atoms in total. The molecule has 1 aliphatic heterocycles. The van der Waals surface area contributed by atoms with Crippen molar-refractivity contribution in [3.05, 3.63) is 18.2 Å². The number of carbonyl (C=O) groups excluding carboxylic acids is 1. The van der Waals surface area contributed by atoms with E-state index in [0.717, 1.165) is 61.7 Å². The van der Waals surface area contributed by atoms with Gasteiger partial charge in [0.1, 0.15) is 11.3 Å².